The summed E-state index contributed by atoms with van der Waals surface area (Å²) in [5.41, 5.74) is 3.79. The number of benzene rings is 3. The van der Waals surface area contributed by atoms with E-state index in [1.54, 1.807) is 30.3 Å². The molecular formula is C26H24N4O4S. The van der Waals surface area contributed by atoms with Crippen molar-refractivity contribution >= 4 is 38.7 Å². The smallest absolute Gasteiger partial charge is 0.269 e. The van der Waals surface area contributed by atoms with Gasteiger partial charge in [0.15, 0.2) is 9.84 Å². The number of nitrogens with one attached hydrogen (secondary N) is 2. The van der Waals surface area contributed by atoms with Gasteiger partial charge < -0.3 is 15.5 Å². The number of amides is 2. The van der Waals surface area contributed by atoms with Crippen LogP contribution in [0, 0.1) is 0 Å². The van der Waals surface area contributed by atoms with Crippen molar-refractivity contribution < 1.29 is 18.0 Å². The van der Waals surface area contributed by atoms with E-state index in [1.807, 2.05) is 53.4 Å². The van der Waals surface area contributed by atoms with Gasteiger partial charge in [-0.05, 0) is 18.2 Å². The fraction of sp³-hybridized carbons (Fsp3) is 0.192. The molecule has 3 aromatic rings. The summed E-state index contributed by atoms with van der Waals surface area (Å²) in [6, 6.07) is 23.9. The summed E-state index contributed by atoms with van der Waals surface area (Å²) in [6.45, 7) is 0.615. The molecule has 2 heterocycles. The van der Waals surface area contributed by atoms with Gasteiger partial charge in [0.05, 0.1) is 28.5 Å². The Hall–Kier alpha value is -3.98. The molecule has 0 aromatic heterocycles. The molecule has 5 rings (SSSR count). The van der Waals surface area contributed by atoms with Crippen LogP contribution in [0.4, 0.5) is 11.4 Å². The van der Waals surface area contributed by atoms with E-state index in [-0.39, 0.29) is 11.5 Å². The molecule has 0 spiro atoms. The number of hydrogen-bond acceptors (Lipinski definition) is 6. The van der Waals surface area contributed by atoms with Gasteiger partial charge in [-0.2, -0.15) is 0 Å². The molecule has 1 unspecified atom stereocenters. The Morgan fingerprint density at radius 3 is 2.34 bits per heavy atom. The van der Waals surface area contributed by atoms with Crippen LogP contribution >= 0.6 is 0 Å². The summed E-state index contributed by atoms with van der Waals surface area (Å²) in [7, 11) is -3.06. The molecule has 9 heteroatoms. The van der Waals surface area contributed by atoms with Crippen LogP contribution in [-0.4, -0.2) is 56.7 Å². The first kappa shape index (κ1) is 22.8. The molecule has 3 aromatic carbocycles. The summed E-state index contributed by atoms with van der Waals surface area (Å²) in [4.78, 5) is 33.0. The van der Waals surface area contributed by atoms with Crippen LogP contribution < -0.4 is 15.5 Å². The van der Waals surface area contributed by atoms with Gasteiger partial charge in [0.25, 0.3) is 11.8 Å². The van der Waals surface area contributed by atoms with Crippen LogP contribution in [0.15, 0.2) is 83.9 Å². The Morgan fingerprint density at radius 1 is 0.914 bits per heavy atom. The van der Waals surface area contributed by atoms with Gasteiger partial charge in [-0.15, -0.1) is 0 Å². The number of para-hydroxylation sites is 2. The molecule has 35 heavy (non-hydrogen) atoms. The molecule has 2 amide bonds. The zero-order valence-electron chi connectivity index (χ0n) is 18.8. The van der Waals surface area contributed by atoms with E-state index in [0.29, 0.717) is 35.7 Å². The normalized spacial score (nSPS) is 19.1. The highest BCUT2D eigenvalue weighted by Crippen LogP contribution is 2.25. The number of aliphatic imine (C=N–C) groups is 1. The fourth-order valence-corrected chi connectivity index (χ4v) is 5.48. The molecule has 1 saturated heterocycles. The summed E-state index contributed by atoms with van der Waals surface area (Å²) in [5, 5.41) is 5.64. The van der Waals surface area contributed by atoms with Crippen molar-refractivity contribution in [2.24, 2.45) is 4.99 Å². The Kier molecular flexibility index (Phi) is 6.08. The van der Waals surface area contributed by atoms with Gasteiger partial charge in [0.1, 0.15) is 0 Å². The lowest BCUT2D eigenvalue weighted by Gasteiger charge is -2.30. The minimum atomic E-state index is -3.06. The molecule has 0 aliphatic carbocycles. The van der Waals surface area contributed by atoms with Gasteiger partial charge in [-0.25, -0.2) is 13.4 Å². The van der Waals surface area contributed by atoms with Crippen LogP contribution in [0.1, 0.15) is 21.5 Å². The predicted molar refractivity (Wildman–Crippen MR) is 136 cm³/mol. The second-order valence-electron chi connectivity index (χ2n) is 8.41. The third kappa shape index (κ3) is 4.81. The maximum atomic E-state index is 13.4. The molecule has 2 aliphatic heterocycles. The lowest BCUT2D eigenvalue weighted by atomic mass is 10.0. The first-order valence-corrected chi connectivity index (χ1v) is 13.1. The largest absolute Gasteiger partial charge is 0.369 e. The number of sulfone groups is 1. The number of fused-ring (bicyclic) bond motifs is 1. The fourth-order valence-electron chi connectivity index (χ4n) is 4.28. The number of rotatable bonds is 4. The van der Waals surface area contributed by atoms with E-state index < -0.39 is 27.8 Å². The predicted octanol–water partition coefficient (Wildman–Crippen LogP) is 2.47. The third-order valence-electron chi connectivity index (χ3n) is 6.10. The van der Waals surface area contributed by atoms with Crippen LogP contribution in [0.25, 0.3) is 0 Å². The standard InChI is InChI=1S/C26H24N4O4S/c31-25(20-11-5-7-13-22(20)30-14-16-35(33,34)17-15-30)29-24-26(32)27-21-12-6-4-10-19(21)23(28-24)18-8-2-1-3-9-18/h1-13,24H,14-17H2,(H,27,32)(H,29,31). The molecular weight excluding hydrogens is 464 g/mol. The minimum absolute atomic E-state index is 0.0387. The summed E-state index contributed by atoms with van der Waals surface area (Å²) in [5.74, 6) is -0.830. The van der Waals surface area contributed by atoms with Gasteiger partial charge in [-0.3, -0.25) is 9.59 Å². The van der Waals surface area contributed by atoms with Crippen molar-refractivity contribution in [3.63, 3.8) is 0 Å². The van der Waals surface area contributed by atoms with Crippen molar-refractivity contribution in [2.75, 3.05) is 34.8 Å². The first-order valence-electron chi connectivity index (χ1n) is 11.3. The number of nitrogens with zero attached hydrogens (tertiary/aromatic N) is 2. The topological polar surface area (TPSA) is 108 Å². The Balaban J connectivity index is 1.47. The van der Waals surface area contributed by atoms with E-state index in [2.05, 4.69) is 15.6 Å². The number of carbonyl (C=O) groups excluding carboxylic acids is 2. The second-order valence-corrected chi connectivity index (χ2v) is 10.7. The summed E-state index contributed by atoms with van der Waals surface area (Å²) in [6.07, 6.45) is -1.15. The maximum absolute atomic E-state index is 13.4. The highest BCUT2D eigenvalue weighted by molar-refractivity contribution is 7.91. The first-order chi connectivity index (χ1) is 16.9. The molecule has 0 bridgehead atoms. The highest BCUT2D eigenvalue weighted by Gasteiger charge is 2.29. The van der Waals surface area contributed by atoms with E-state index in [9.17, 15) is 18.0 Å². The Bertz CT molecular complexity index is 1410. The third-order valence-corrected chi connectivity index (χ3v) is 7.70. The Morgan fingerprint density at radius 2 is 1.57 bits per heavy atom. The highest BCUT2D eigenvalue weighted by atomic mass is 32.2. The molecule has 0 saturated carbocycles. The van der Waals surface area contributed by atoms with E-state index in [4.69, 9.17) is 0 Å². The van der Waals surface area contributed by atoms with Crippen molar-refractivity contribution in [1.82, 2.24) is 5.32 Å². The molecule has 2 aliphatic rings. The summed E-state index contributed by atoms with van der Waals surface area (Å²) < 4.78 is 23.7. The average molecular weight is 489 g/mol. The molecule has 1 atom stereocenters. The van der Waals surface area contributed by atoms with Gasteiger partial charge in [0.2, 0.25) is 6.17 Å². The summed E-state index contributed by atoms with van der Waals surface area (Å²) >= 11 is 0. The van der Waals surface area contributed by atoms with Crippen LogP contribution in [0.3, 0.4) is 0 Å². The average Bonchev–Trinajstić information content (AvgIpc) is 3.01. The van der Waals surface area contributed by atoms with E-state index in [0.717, 1.165) is 11.1 Å². The quantitative estimate of drug-likeness (QED) is 0.587. The van der Waals surface area contributed by atoms with Crippen molar-refractivity contribution in [3.05, 3.63) is 95.6 Å². The molecule has 178 valence electrons. The lowest BCUT2D eigenvalue weighted by molar-refractivity contribution is -0.117. The van der Waals surface area contributed by atoms with Crippen LogP contribution in [0.5, 0.6) is 0 Å². The van der Waals surface area contributed by atoms with E-state index >= 15 is 0 Å². The lowest BCUT2D eigenvalue weighted by Crippen LogP contribution is -2.44. The minimum Gasteiger partial charge on any atom is -0.369 e. The van der Waals surface area contributed by atoms with Gasteiger partial charge in [0, 0.05) is 29.9 Å². The molecule has 0 radical (unpaired) electrons. The second kappa shape index (κ2) is 9.34. The molecule has 8 nitrogen and oxygen atoms in total. The maximum Gasteiger partial charge on any atom is 0.269 e. The molecule has 1 fully saturated rings. The number of benzodiazepines with no additional fused rings is 1. The van der Waals surface area contributed by atoms with Gasteiger partial charge >= 0.3 is 0 Å². The number of anilines is 2. The zero-order valence-corrected chi connectivity index (χ0v) is 19.7. The van der Waals surface area contributed by atoms with Gasteiger partial charge in [-0.1, -0.05) is 60.7 Å². The van der Waals surface area contributed by atoms with Crippen LogP contribution in [-0.2, 0) is 14.6 Å². The monoisotopic (exact) mass is 488 g/mol. The van der Waals surface area contributed by atoms with E-state index in [1.165, 1.54) is 0 Å². The van der Waals surface area contributed by atoms with Crippen molar-refractivity contribution in [3.8, 4) is 0 Å². The van der Waals surface area contributed by atoms with Crippen molar-refractivity contribution in [1.29, 1.82) is 0 Å². The SMILES string of the molecule is O=C(NC1N=C(c2ccccc2)c2ccccc2NC1=O)c1ccccc1N1CCS(=O)(=O)CC1. The number of carbonyl (C=O) groups is 2. The molecule has 2 N–H and O–H groups in total. The Labute approximate surface area is 203 Å². The van der Waals surface area contributed by atoms with Crippen molar-refractivity contribution in [2.45, 2.75) is 6.17 Å². The van der Waals surface area contributed by atoms with Crippen LogP contribution in [0.2, 0.25) is 0 Å². The zero-order chi connectivity index (χ0) is 24.4. The number of hydrogen-bond donors (Lipinski definition) is 2.